The van der Waals surface area contributed by atoms with Gasteiger partial charge in [-0.25, -0.2) is 0 Å². The molecule has 1 heteroatoms. The standard InChI is InChI=1S/C20H21Cl/c1-20(2)10-9-13-7-8-16-15-6-4-3-5-14(15)11-18(21)19(16)17(13)12-20/h3,5,7-8,11H,4,6,9-10,12H2,1-2H3. The molecule has 0 heterocycles. The highest BCUT2D eigenvalue weighted by Crippen LogP contribution is 2.42. The lowest BCUT2D eigenvalue weighted by atomic mass is 9.72. The summed E-state index contributed by atoms with van der Waals surface area (Å²) < 4.78 is 0. The molecule has 0 fully saturated rings. The Morgan fingerprint density at radius 1 is 1.10 bits per heavy atom. The van der Waals surface area contributed by atoms with E-state index < -0.39 is 0 Å². The van der Waals surface area contributed by atoms with Crippen molar-refractivity contribution in [3.05, 3.63) is 51.6 Å². The van der Waals surface area contributed by atoms with Gasteiger partial charge < -0.3 is 0 Å². The van der Waals surface area contributed by atoms with Crippen molar-refractivity contribution in [2.45, 2.75) is 46.0 Å². The topological polar surface area (TPSA) is 0 Å². The Labute approximate surface area is 131 Å². The van der Waals surface area contributed by atoms with Gasteiger partial charge in [-0.2, -0.15) is 0 Å². The monoisotopic (exact) mass is 296 g/mol. The van der Waals surface area contributed by atoms with Crippen LogP contribution in [0.2, 0.25) is 5.02 Å². The van der Waals surface area contributed by atoms with Crippen molar-refractivity contribution in [1.29, 1.82) is 0 Å². The van der Waals surface area contributed by atoms with Crippen LogP contribution in [-0.4, -0.2) is 0 Å². The van der Waals surface area contributed by atoms with Gasteiger partial charge in [-0.1, -0.05) is 49.7 Å². The smallest absolute Gasteiger partial charge is 0.0493 e. The molecule has 0 nitrogen and oxygen atoms in total. The van der Waals surface area contributed by atoms with Crippen LogP contribution < -0.4 is 0 Å². The maximum atomic E-state index is 6.69. The fraction of sp³-hybridized carbons (Fsp3) is 0.400. The van der Waals surface area contributed by atoms with Gasteiger partial charge in [-0.3, -0.25) is 0 Å². The van der Waals surface area contributed by atoms with Crippen molar-refractivity contribution in [3.8, 4) is 0 Å². The third-order valence-electron chi connectivity index (χ3n) is 5.19. The molecule has 0 amide bonds. The number of hydrogen-bond acceptors (Lipinski definition) is 0. The van der Waals surface area contributed by atoms with E-state index in [1.54, 1.807) is 0 Å². The first-order chi connectivity index (χ1) is 10.1. The Bertz CT molecular complexity index is 765. The molecule has 2 aliphatic carbocycles. The molecule has 0 radical (unpaired) electrons. The summed E-state index contributed by atoms with van der Waals surface area (Å²) in [5.74, 6) is 0. The molecule has 2 aromatic carbocycles. The van der Waals surface area contributed by atoms with Crippen molar-refractivity contribution in [3.63, 3.8) is 0 Å². The molecular formula is C20H21Cl. The molecule has 0 saturated heterocycles. The van der Waals surface area contributed by atoms with E-state index in [2.05, 4.69) is 44.2 Å². The van der Waals surface area contributed by atoms with Gasteiger partial charge in [0.05, 0.1) is 0 Å². The minimum Gasteiger partial charge on any atom is -0.0836 e. The number of benzene rings is 2. The van der Waals surface area contributed by atoms with Crippen LogP contribution in [0.1, 0.15) is 48.9 Å². The molecular weight excluding hydrogens is 276 g/mol. The van der Waals surface area contributed by atoms with Crippen LogP contribution in [0.5, 0.6) is 0 Å². The van der Waals surface area contributed by atoms with Gasteiger partial charge >= 0.3 is 0 Å². The Balaban J connectivity index is 2.05. The number of rotatable bonds is 0. The highest BCUT2D eigenvalue weighted by Gasteiger charge is 2.27. The Morgan fingerprint density at radius 3 is 2.81 bits per heavy atom. The van der Waals surface area contributed by atoms with E-state index in [9.17, 15) is 0 Å². The molecule has 0 aromatic heterocycles. The van der Waals surface area contributed by atoms with Gasteiger partial charge in [0.15, 0.2) is 0 Å². The summed E-state index contributed by atoms with van der Waals surface area (Å²) in [5, 5.41) is 3.65. The van der Waals surface area contributed by atoms with Crippen molar-refractivity contribution >= 4 is 28.4 Å². The van der Waals surface area contributed by atoms with Crippen LogP contribution in [0.25, 0.3) is 16.8 Å². The Morgan fingerprint density at radius 2 is 1.95 bits per heavy atom. The minimum absolute atomic E-state index is 0.389. The normalized spacial score (nSPS) is 19.4. The lowest BCUT2D eigenvalue weighted by Gasteiger charge is -2.33. The zero-order valence-electron chi connectivity index (χ0n) is 12.8. The fourth-order valence-electron chi connectivity index (χ4n) is 4.01. The molecule has 4 rings (SSSR count). The molecule has 0 spiro atoms. The molecule has 0 aliphatic heterocycles. The summed E-state index contributed by atoms with van der Waals surface area (Å²) >= 11 is 6.69. The van der Waals surface area contributed by atoms with Gasteiger partial charge in [0.25, 0.3) is 0 Å². The lowest BCUT2D eigenvalue weighted by molar-refractivity contribution is 0.317. The van der Waals surface area contributed by atoms with Crippen LogP contribution in [0, 0.1) is 5.41 Å². The Hall–Kier alpha value is -1.27. The molecule has 0 unspecified atom stereocenters. The predicted molar refractivity (Wildman–Crippen MR) is 92.1 cm³/mol. The summed E-state index contributed by atoms with van der Waals surface area (Å²) in [7, 11) is 0. The number of halogens is 1. The maximum Gasteiger partial charge on any atom is 0.0493 e. The SMILES string of the molecule is CC1(C)CCc2ccc3c4c(cc(Cl)c3c2C1)C=CCC4. The van der Waals surface area contributed by atoms with Crippen LogP contribution in [-0.2, 0) is 19.3 Å². The highest BCUT2D eigenvalue weighted by atomic mass is 35.5. The van der Waals surface area contributed by atoms with Crippen molar-refractivity contribution in [2.24, 2.45) is 5.41 Å². The van der Waals surface area contributed by atoms with Crippen LogP contribution in [0.4, 0.5) is 0 Å². The molecule has 0 bridgehead atoms. The van der Waals surface area contributed by atoms with Gasteiger partial charge in [-0.15, -0.1) is 0 Å². The van der Waals surface area contributed by atoms with Crippen molar-refractivity contribution in [2.75, 3.05) is 0 Å². The zero-order chi connectivity index (χ0) is 14.6. The Kier molecular flexibility index (Phi) is 2.94. The van der Waals surface area contributed by atoms with E-state index in [4.69, 9.17) is 11.6 Å². The molecule has 108 valence electrons. The highest BCUT2D eigenvalue weighted by molar-refractivity contribution is 6.36. The average Bonchev–Trinajstić information content (AvgIpc) is 2.45. The first-order valence-electron chi connectivity index (χ1n) is 7.98. The quantitative estimate of drug-likeness (QED) is 0.562. The molecule has 21 heavy (non-hydrogen) atoms. The van der Waals surface area contributed by atoms with Gasteiger partial charge in [0.1, 0.15) is 0 Å². The summed E-state index contributed by atoms with van der Waals surface area (Å²) in [4.78, 5) is 0. The van der Waals surface area contributed by atoms with Gasteiger partial charge in [0, 0.05) is 10.4 Å². The fourth-order valence-corrected chi connectivity index (χ4v) is 4.34. The van der Waals surface area contributed by atoms with E-state index in [1.807, 2.05) is 0 Å². The summed E-state index contributed by atoms with van der Waals surface area (Å²) in [6, 6.07) is 6.84. The second-order valence-corrected chi connectivity index (χ2v) is 7.74. The lowest BCUT2D eigenvalue weighted by Crippen LogP contribution is -2.22. The first-order valence-corrected chi connectivity index (χ1v) is 8.35. The van der Waals surface area contributed by atoms with E-state index in [1.165, 1.54) is 45.9 Å². The molecule has 0 N–H and O–H groups in total. The van der Waals surface area contributed by atoms with E-state index >= 15 is 0 Å². The van der Waals surface area contributed by atoms with Crippen molar-refractivity contribution < 1.29 is 0 Å². The van der Waals surface area contributed by atoms with Crippen LogP contribution in [0.15, 0.2) is 24.3 Å². The second kappa shape index (κ2) is 4.61. The second-order valence-electron chi connectivity index (χ2n) is 7.33. The number of hydrogen-bond donors (Lipinski definition) is 0. The average molecular weight is 297 g/mol. The van der Waals surface area contributed by atoms with E-state index in [0.29, 0.717) is 5.41 Å². The molecule has 2 aliphatic rings. The molecule has 0 atom stereocenters. The van der Waals surface area contributed by atoms with E-state index in [0.717, 1.165) is 24.3 Å². The van der Waals surface area contributed by atoms with E-state index in [-0.39, 0.29) is 0 Å². The summed E-state index contributed by atoms with van der Waals surface area (Å²) in [6.07, 6.45) is 10.4. The summed E-state index contributed by atoms with van der Waals surface area (Å²) in [5.41, 5.74) is 6.21. The number of allylic oxidation sites excluding steroid dienone is 1. The zero-order valence-corrected chi connectivity index (χ0v) is 13.6. The van der Waals surface area contributed by atoms with Gasteiger partial charge in [0.2, 0.25) is 0 Å². The number of aryl methyl sites for hydroxylation is 2. The van der Waals surface area contributed by atoms with Crippen molar-refractivity contribution in [1.82, 2.24) is 0 Å². The third kappa shape index (κ3) is 2.12. The largest absolute Gasteiger partial charge is 0.0836 e. The first kappa shape index (κ1) is 13.4. The molecule has 0 saturated carbocycles. The van der Waals surface area contributed by atoms with Crippen LogP contribution in [0.3, 0.4) is 0 Å². The predicted octanol–water partition coefficient (Wildman–Crippen LogP) is 5.97. The maximum absolute atomic E-state index is 6.69. The minimum atomic E-state index is 0.389. The summed E-state index contributed by atoms with van der Waals surface area (Å²) in [6.45, 7) is 4.76. The molecule has 2 aromatic rings. The van der Waals surface area contributed by atoms with Gasteiger partial charge in [-0.05, 0) is 71.2 Å². The number of fused-ring (bicyclic) bond motifs is 5. The van der Waals surface area contributed by atoms with Crippen LogP contribution >= 0.6 is 11.6 Å². The third-order valence-corrected chi connectivity index (χ3v) is 5.49.